The lowest BCUT2D eigenvalue weighted by atomic mass is 10.1. The minimum absolute atomic E-state index is 0.195. The molecule has 3 rings (SSSR count). The highest BCUT2D eigenvalue weighted by atomic mass is 35.5. The zero-order valence-corrected chi connectivity index (χ0v) is 10.9. The van der Waals surface area contributed by atoms with Gasteiger partial charge >= 0.3 is 0 Å². The van der Waals surface area contributed by atoms with Crippen molar-refractivity contribution in [2.24, 2.45) is 0 Å². The summed E-state index contributed by atoms with van der Waals surface area (Å²) >= 11 is 6.09. The van der Waals surface area contributed by atoms with Crippen molar-refractivity contribution in [3.05, 3.63) is 63.5 Å². The van der Waals surface area contributed by atoms with Crippen LogP contribution in [0.4, 0.5) is 10.1 Å². The van der Waals surface area contributed by atoms with Gasteiger partial charge in [0.25, 0.3) is 0 Å². The Morgan fingerprint density at radius 2 is 1.90 bits per heavy atom. The second kappa shape index (κ2) is 4.65. The molecule has 1 aromatic heterocycles. The number of hydrogen-bond acceptors (Lipinski definition) is 3. The highest BCUT2D eigenvalue weighted by Crippen LogP contribution is 2.30. The van der Waals surface area contributed by atoms with Crippen LogP contribution in [0.3, 0.4) is 0 Å². The number of rotatable bonds is 1. The Morgan fingerprint density at radius 1 is 1.10 bits per heavy atom. The minimum Gasteiger partial charge on any atom is -0.456 e. The number of fused-ring (bicyclic) bond motifs is 1. The summed E-state index contributed by atoms with van der Waals surface area (Å²) in [7, 11) is 0. The molecule has 0 aliphatic rings. The van der Waals surface area contributed by atoms with Gasteiger partial charge in [-0.25, -0.2) is 4.39 Å². The van der Waals surface area contributed by atoms with Crippen molar-refractivity contribution in [2.45, 2.75) is 0 Å². The summed E-state index contributed by atoms with van der Waals surface area (Å²) in [4.78, 5) is 12.0. The quantitative estimate of drug-likeness (QED) is 0.693. The van der Waals surface area contributed by atoms with E-state index in [9.17, 15) is 9.18 Å². The monoisotopic (exact) mass is 289 g/mol. The van der Waals surface area contributed by atoms with Gasteiger partial charge in [0.1, 0.15) is 17.2 Å². The zero-order chi connectivity index (χ0) is 14.3. The van der Waals surface area contributed by atoms with Gasteiger partial charge < -0.3 is 10.2 Å². The highest BCUT2D eigenvalue weighted by molar-refractivity contribution is 6.33. The average molecular weight is 290 g/mol. The number of anilines is 1. The maximum absolute atomic E-state index is 13.1. The minimum atomic E-state index is -0.483. The number of benzene rings is 2. The summed E-state index contributed by atoms with van der Waals surface area (Å²) in [5.74, 6) is -0.165. The maximum Gasteiger partial charge on any atom is 0.193 e. The van der Waals surface area contributed by atoms with Gasteiger partial charge in [-0.1, -0.05) is 11.6 Å². The van der Waals surface area contributed by atoms with Gasteiger partial charge in [0.2, 0.25) is 0 Å². The fraction of sp³-hybridized carbons (Fsp3) is 0. The molecule has 5 heteroatoms. The molecule has 0 aliphatic carbocycles. The van der Waals surface area contributed by atoms with Gasteiger partial charge in [-0.05, 0) is 36.4 Å². The molecule has 3 aromatic rings. The summed E-state index contributed by atoms with van der Waals surface area (Å²) in [6.07, 6.45) is 0. The first kappa shape index (κ1) is 12.7. The third-order valence-corrected chi connectivity index (χ3v) is 3.26. The number of halogens is 2. The summed E-state index contributed by atoms with van der Waals surface area (Å²) in [6, 6.07) is 10.0. The zero-order valence-electron chi connectivity index (χ0n) is 10.2. The van der Waals surface area contributed by atoms with Crippen LogP contribution in [-0.4, -0.2) is 0 Å². The lowest BCUT2D eigenvalue weighted by Gasteiger charge is -2.06. The first-order valence-electron chi connectivity index (χ1n) is 5.83. The summed E-state index contributed by atoms with van der Waals surface area (Å²) in [6.45, 7) is 0. The fourth-order valence-electron chi connectivity index (χ4n) is 1.99. The molecule has 0 fully saturated rings. The van der Waals surface area contributed by atoms with Gasteiger partial charge in [0.15, 0.2) is 5.43 Å². The van der Waals surface area contributed by atoms with E-state index >= 15 is 0 Å². The van der Waals surface area contributed by atoms with Gasteiger partial charge in [-0.2, -0.15) is 0 Å². The molecule has 0 radical (unpaired) electrons. The topological polar surface area (TPSA) is 56.2 Å². The molecule has 2 N–H and O–H groups in total. The van der Waals surface area contributed by atoms with Crippen LogP contribution in [0.2, 0.25) is 5.02 Å². The average Bonchev–Trinajstić information content (AvgIpc) is 2.39. The highest BCUT2D eigenvalue weighted by Gasteiger charge is 2.10. The van der Waals surface area contributed by atoms with Gasteiger partial charge in [0, 0.05) is 17.3 Å². The van der Waals surface area contributed by atoms with Crippen LogP contribution in [0.1, 0.15) is 0 Å². The molecule has 1 heterocycles. The summed E-state index contributed by atoms with van der Waals surface area (Å²) in [5, 5.41) is 0.579. The third-order valence-electron chi connectivity index (χ3n) is 2.95. The normalized spacial score (nSPS) is 10.9. The van der Waals surface area contributed by atoms with E-state index in [-0.39, 0.29) is 10.8 Å². The molecular weight excluding hydrogens is 281 g/mol. The molecule has 0 saturated heterocycles. The Bertz CT molecular complexity index is 873. The fourth-order valence-corrected chi connectivity index (χ4v) is 2.27. The second-order valence-corrected chi connectivity index (χ2v) is 4.76. The predicted molar refractivity (Wildman–Crippen MR) is 77.3 cm³/mol. The van der Waals surface area contributed by atoms with Crippen LogP contribution in [0, 0.1) is 5.82 Å². The van der Waals surface area contributed by atoms with Crippen molar-refractivity contribution in [2.75, 3.05) is 5.73 Å². The predicted octanol–water partition coefficient (Wildman–Crippen LogP) is 3.83. The van der Waals surface area contributed by atoms with E-state index in [1.54, 1.807) is 18.2 Å². The first-order chi connectivity index (χ1) is 9.54. The molecule has 0 bridgehead atoms. The van der Waals surface area contributed by atoms with Gasteiger partial charge in [0.05, 0.1) is 10.4 Å². The summed E-state index contributed by atoms with van der Waals surface area (Å²) < 4.78 is 18.7. The molecule has 0 atom stereocenters. The van der Waals surface area contributed by atoms with Crippen molar-refractivity contribution < 1.29 is 8.81 Å². The van der Waals surface area contributed by atoms with E-state index in [2.05, 4.69) is 0 Å². The van der Waals surface area contributed by atoms with Crippen molar-refractivity contribution in [3.8, 4) is 11.3 Å². The van der Waals surface area contributed by atoms with E-state index in [1.165, 1.54) is 18.2 Å². The first-order valence-corrected chi connectivity index (χ1v) is 6.21. The SMILES string of the molecule is Nc1ccc(-c2cc(=O)c3cc(F)ccc3o2)c(Cl)c1. The van der Waals surface area contributed by atoms with Crippen molar-refractivity contribution in [3.63, 3.8) is 0 Å². The van der Waals surface area contributed by atoms with E-state index in [0.29, 0.717) is 27.6 Å². The molecule has 100 valence electrons. The molecule has 0 unspecified atom stereocenters. The molecular formula is C15H9ClFNO2. The second-order valence-electron chi connectivity index (χ2n) is 4.35. The lowest BCUT2D eigenvalue weighted by Crippen LogP contribution is -2.01. The van der Waals surface area contributed by atoms with Crippen LogP contribution in [0.25, 0.3) is 22.3 Å². The Labute approximate surface area is 118 Å². The Balaban J connectivity index is 2.27. The van der Waals surface area contributed by atoms with Gasteiger partial charge in [-0.15, -0.1) is 0 Å². The Hall–Kier alpha value is -2.33. The molecule has 20 heavy (non-hydrogen) atoms. The van der Waals surface area contributed by atoms with Crippen LogP contribution in [0.15, 0.2) is 51.7 Å². The molecule has 2 aromatic carbocycles. The molecule has 0 saturated carbocycles. The van der Waals surface area contributed by atoms with Crippen LogP contribution >= 0.6 is 11.6 Å². The number of nitrogen functional groups attached to an aromatic ring is 1. The molecule has 0 spiro atoms. The molecule has 0 amide bonds. The lowest BCUT2D eigenvalue weighted by molar-refractivity contribution is 0.608. The molecule has 3 nitrogen and oxygen atoms in total. The standard InChI is InChI=1S/C15H9ClFNO2/c16-12-6-9(18)2-3-10(12)15-7-13(19)11-5-8(17)1-4-14(11)20-15/h1-7H,18H2. The van der Waals surface area contributed by atoms with Crippen LogP contribution in [-0.2, 0) is 0 Å². The smallest absolute Gasteiger partial charge is 0.193 e. The maximum atomic E-state index is 13.1. The van der Waals surface area contributed by atoms with Gasteiger partial charge in [-0.3, -0.25) is 4.79 Å². The largest absolute Gasteiger partial charge is 0.456 e. The summed E-state index contributed by atoms with van der Waals surface area (Å²) in [5.41, 5.74) is 6.68. The van der Waals surface area contributed by atoms with Crippen LogP contribution in [0.5, 0.6) is 0 Å². The Morgan fingerprint density at radius 3 is 2.65 bits per heavy atom. The van der Waals surface area contributed by atoms with Crippen molar-refractivity contribution in [1.29, 1.82) is 0 Å². The number of hydrogen-bond donors (Lipinski definition) is 1. The van der Waals surface area contributed by atoms with Crippen LogP contribution < -0.4 is 11.2 Å². The van der Waals surface area contributed by atoms with Crippen molar-refractivity contribution in [1.82, 2.24) is 0 Å². The number of nitrogens with two attached hydrogens (primary N) is 1. The third kappa shape index (κ3) is 2.14. The van der Waals surface area contributed by atoms with E-state index in [1.807, 2.05) is 0 Å². The van der Waals surface area contributed by atoms with E-state index < -0.39 is 5.82 Å². The van der Waals surface area contributed by atoms with E-state index in [0.717, 1.165) is 6.07 Å². The van der Waals surface area contributed by atoms with Crippen molar-refractivity contribution >= 4 is 28.3 Å². The van der Waals surface area contributed by atoms with E-state index in [4.69, 9.17) is 21.8 Å². The molecule has 0 aliphatic heterocycles. The Kier molecular flexibility index (Phi) is 2.95.